The molecule has 1 heterocycles. The van der Waals surface area contributed by atoms with E-state index in [1.165, 1.54) is 11.3 Å². The Hall–Kier alpha value is -1.55. The fourth-order valence-electron chi connectivity index (χ4n) is 2.74. The minimum atomic E-state index is -0.126. The van der Waals surface area contributed by atoms with E-state index in [0.29, 0.717) is 12.1 Å². The molecule has 0 bridgehead atoms. The van der Waals surface area contributed by atoms with Gasteiger partial charge in [-0.25, -0.2) is 0 Å². The number of benzene rings is 1. The highest BCUT2D eigenvalue weighted by Crippen LogP contribution is 2.26. The van der Waals surface area contributed by atoms with E-state index in [0.717, 1.165) is 25.9 Å². The van der Waals surface area contributed by atoms with Gasteiger partial charge in [0, 0.05) is 30.9 Å². The van der Waals surface area contributed by atoms with Crippen molar-refractivity contribution in [2.45, 2.75) is 51.4 Å². The molecular formula is C16H23N3O. The molecule has 1 aromatic rings. The van der Waals surface area contributed by atoms with Crippen LogP contribution >= 0.6 is 0 Å². The zero-order valence-electron chi connectivity index (χ0n) is 12.2. The maximum Gasteiger partial charge on any atom is 0.242 e. The Morgan fingerprint density at radius 2 is 2.15 bits per heavy atom. The molecule has 4 nitrogen and oxygen atoms in total. The van der Waals surface area contributed by atoms with Crippen LogP contribution in [-0.2, 0) is 11.3 Å². The average Bonchev–Trinajstić information content (AvgIpc) is 3.26. The van der Waals surface area contributed by atoms with E-state index in [-0.39, 0.29) is 11.9 Å². The molecule has 1 aromatic carbocycles. The first-order chi connectivity index (χ1) is 9.65. The predicted molar refractivity (Wildman–Crippen MR) is 80.7 cm³/mol. The fourth-order valence-corrected chi connectivity index (χ4v) is 2.74. The van der Waals surface area contributed by atoms with Crippen molar-refractivity contribution in [3.63, 3.8) is 0 Å². The molecule has 4 heteroatoms. The number of carbonyl (C=O) groups excluding carboxylic acids is 1. The van der Waals surface area contributed by atoms with E-state index in [1.54, 1.807) is 0 Å². The van der Waals surface area contributed by atoms with Crippen LogP contribution in [0.4, 0.5) is 5.69 Å². The van der Waals surface area contributed by atoms with Crippen molar-refractivity contribution in [2.24, 2.45) is 0 Å². The molecule has 1 fully saturated rings. The third kappa shape index (κ3) is 2.80. The largest absolute Gasteiger partial charge is 0.358 e. The third-order valence-corrected chi connectivity index (χ3v) is 4.18. The molecule has 0 spiro atoms. The number of amides is 1. The van der Waals surface area contributed by atoms with Crippen molar-refractivity contribution in [3.05, 3.63) is 29.8 Å². The lowest BCUT2D eigenvalue weighted by Crippen LogP contribution is -2.49. The summed E-state index contributed by atoms with van der Waals surface area (Å²) < 4.78 is 0. The predicted octanol–water partition coefficient (Wildman–Crippen LogP) is 1.65. The normalized spacial score (nSPS) is 23.7. The van der Waals surface area contributed by atoms with Gasteiger partial charge >= 0.3 is 0 Å². The number of fused-ring (bicyclic) bond motifs is 1. The van der Waals surface area contributed by atoms with E-state index in [4.69, 9.17) is 0 Å². The number of hydrogen-bond donors (Lipinski definition) is 2. The Bertz CT molecular complexity index is 498. The van der Waals surface area contributed by atoms with Gasteiger partial charge in [-0.05, 0) is 38.3 Å². The van der Waals surface area contributed by atoms with Crippen molar-refractivity contribution in [2.75, 3.05) is 11.4 Å². The van der Waals surface area contributed by atoms with E-state index < -0.39 is 0 Å². The van der Waals surface area contributed by atoms with Crippen molar-refractivity contribution in [1.82, 2.24) is 10.6 Å². The average molecular weight is 273 g/mol. The van der Waals surface area contributed by atoms with Gasteiger partial charge in [0.05, 0.1) is 0 Å². The molecule has 20 heavy (non-hydrogen) atoms. The lowest BCUT2D eigenvalue weighted by atomic mass is 10.1. The van der Waals surface area contributed by atoms with Gasteiger partial charge in [-0.2, -0.15) is 0 Å². The van der Waals surface area contributed by atoms with Crippen LogP contribution in [0, 0.1) is 0 Å². The Balaban J connectivity index is 1.83. The van der Waals surface area contributed by atoms with Gasteiger partial charge in [0.2, 0.25) is 5.91 Å². The van der Waals surface area contributed by atoms with Gasteiger partial charge in [0.1, 0.15) is 6.04 Å². The highest BCUT2D eigenvalue weighted by molar-refractivity contribution is 5.85. The Labute approximate surface area is 120 Å². The summed E-state index contributed by atoms with van der Waals surface area (Å²) in [6.45, 7) is 5.90. The third-order valence-electron chi connectivity index (χ3n) is 4.18. The van der Waals surface area contributed by atoms with Crippen molar-refractivity contribution in [3.8, 4) is 0 Å². The summed E-state index contributed by atoms with van der Waals surface area (Å²) in [5, 5.41) is 6.62. The number of para-hydroxylation sites is 1. The Morgan fingerprint density at radius 1 is 1.40 bits per heavy atom. The second-order valence-electron chi connectivity index (χ2n) is 6.02. The second-order valence-corrected chi connectivity index (χ2v) is 6.02. The summed E-state index contributed by atoms with van der Waals surface area (Å²) in [6, 6.07) is 9.03. The molecule has 2 N–H and O–H groups in total. The van der Waals surface area contributed by atoms with Crippen LogP contribution in [0.15, 0.2) is 24.3 Å². The van der Waals surface area contributed by atoms with Crippen LogP contribution in [0.1, 0.15) is 32.3 Å². The minimum absolute atomic E-state index is 0.126. The lowest BCUT2D eigenvalue weighted by molar-refractivity contribution is -0.122. The molecule has 2 aliphatic rings. The maximum absolute atomic E-state index is 12.3. The Kier molecular flexibility index (Phi) is 3.66. The van der Waals surface area contributed by atoms with Crippen molar-refractivity contribution in [1.29, 1.82) is 0 Å². The summed E-state index contributed by atoms with van der Waals surface area (Å²) in [5.74, 6) is 0.149. The molecule has 0 saturated heterocycles. The van der Waals surface area contributed by atoms with Crippen molar-refractivity contribution >= 4 is 11.6 Å². The molecule has 0 aromatic heterocycles. The number of nitrogens with one attached hydrogen (secondary N) is 2. The summed E-state index contributed by atoms with van der Waals surface area (Å²) in [5.41, 5.74) is 2.45. The molecule has 108 valence electrons. The number of anilines is 1. The van der Waals surface area contributed by atoms with Gasteiger partial charge in [-0.15, -0.1) is 0 Å². The molecule has 1 saturated carbocycles. The maximum atomic E-state index is 12.3. The van der Waals surface area contributed by atoms with Crippen LogP contribution in [0.2, 0.25) is 0 Å². The summed E-state index contributed by atoms with van der Waals surface area (Å²) in [4.78, 5) is 14.6. The molecular weight excluding hydrogens is 250 g/mol. The standard InChI is InChI=1S/C16H23N3O/c1-11-10-19(12(2)16(20)18-14-7-8-14)15-6-4-3-5-13(15)9-17-11/h3-6,11-12,14,17H,7-10H2,1-2H3,(H,18,20). The number of rotatable bonds is 3. The number of hydrogen-bond acceptors (Lipinski definition) is 3. The fraction of sp³-hybridized carbons (Fsp3) is 0.562. The first-order valence-corrected chi connectivity index (χ1v) is 7.53. The zero-order valence-corrected chi connectivity index (χ0v) is 12.2. The first-order valence-electron chi connectivity index (χ1n) is 7.53. The van der Waals surface area contributed by atoms with Crippen LogP contribution in [0.25, 0.3) is 0 Å². The number of carbonyl (C=O) groups is 1. The van der Waals surface area contributed by atoms with Crippen LogP contribution < -0.4 is 15.5 Å². The molecule has 1 amide bonds. The first kappa shape index (κ1) is 13.4. The smallest absolute Gasteiger partial charge is 0.242 e. The van der Waals surface area contributed by atoms with Crippen molar-refractivity contribution < 1.29 is 4.79 Å². The monoisotopic (exact) mass is 273 g/mol. The van der Waals surface area contributed by atoms with E-state index >= 15 is 0 Å². The van der Waals surface area contributed by atoms with Gasteiger partial charge in [0.15, 0.2) is 0 Å². The molecule has 2 unspecified atom stereocenters. The summed E-state index contributed by atoms with van der Waals surface area (Å²) in [6.07, 6.45) is 2.26. The molecule has 0 radical (unpaired) electrons. The summed E-state index contributed by atoms with van der Waals surface area (Å²) in [7, 11) is 0. The van der Waals surface area contributed by atoms with E-state index in [2.05, 4.69) is 40.7 Å². The van der Waals surface area contributed by atoms with Crippen LogP contribution in [0.3, 0.4) is 0 Å². The van der Waals surface area contributed by atoms with Gasteiger partial charge in [-0.1, -0.05) is 18.2 Å². The molecule has 3 rings (SSSR count). The highest BCUT2D eigenvalue weighted by atomic mass is 16.2. The molecule has 2 atom stereocenters. The van der Waals surface area contributed by atoms with Crippen LogP contribution in [-0.4, -0.2) is 30.6 Å². The topological polar surface area (TPSA) is 44.4 Å². The Morgan fingerprint density at radius 3 is 2.90 bits per heavy atom. The van der Waals surface area contributed by atoms with E-state index in [9.17, 15) is 4.79 Å². The quantitative estimate of drug-likeness (QED) is 0.880. The lowest BCUT2D eigenvalue weighted by Gasteiger charge is -2.31. The molecule has 1 aliphatic carbocycles. The summed E-state index contributed by atoms with van der Waals surface area (Å²) >= 11 is 0. The number of nitrogens with zero attached hydrogens (tertiary/aromatic N) is 1. The van der Waals surface area contributed by atoms with Crippen LogP contribution in [0.5, 0.6) is 0 Å². The molecule has 1 aliphatic heterocycles. The SMILES string of the molecule is CC1CN(C(C)C(=O)NC2CC2)c2ccccc2CN1. The second kappa shape index (κ2) is 5.44. The highest BCUT2D eigenvalue weighted by Gasteiger charge is 2.30. The minimum Gasteiger partial charge on any atom is -0.358 e. The van der Waals surface area contributed by atoms with E-state index in [1.807, 2.05) is 13.0 Å². The van der Waals surface area contributed by atoms with Gasteiger partial charge in [-0.3, -0.25) is 4.79 Å². The zero-order chi connectivity index (χ0) is 14.1. The van der Waals surface area contributed by atoms with Gasteiger partial charge in [0.25, 0.3) is 0 Å². The van der Waals surface area contributed by atoms with Gasteiger partial charge < -0.3 is 15.5 Å².